The van der Waals surface area contributed by atoms with E-state index in [0.717, 1.165) is 33.4 Å². The average Bonchev–Trinajstić information content (AvgIpc) is 3.02. The lowest BCUT2D eigenvalue weighted by Gasteiger charge is -2.06. The Morgan fingerprint density at radius 2 is 0.850 bits per heavy atom. The molecule has 40 heavy (non-hydrogen) atoms. The summed E-state index contributed by atoms with van der Waals surface area (Å²) in [5, 5.41) is 0. The van der Waals surface area contributed by atoms with E-state index in [0.29, 0.717) is 0 Å². The lowest BCUT2D eigenvalue weighted by Crippen LogP contribution is -1.87. The molecule has 3 aromatic carbocycles. The fraction of sp³-hybridized carbons (Fsp3) is 0.300. The third-order valence-corrected chi connectivity index (χ3v) is 5.07. The molecule has 0 aromatic heterocycles. The van der Waals surface area contributed by atoms with Crippen molar-refractivity contribution in [3.8, 4) is 11.8 Å². The van der Waals surface area contributed by atoms with Gasteiger partial charge in [0, 0.05) is 16.7 Å². The van der Waals surface area contributed by atoms with E-state index in [1.165, 1.54) is 16.7 Å². The minimum atomic E-state index is 0.997. The van der Waals surface area contributed by atoms with Crippen molar-refractivity contribution in [1.82, 2.24) is 0 Å². The second kappa shape index (κ2) is 24.1. The van der Waals surface area contributed by atoms with Crippen LogP contribution in [0.5, 0.6) is 0 Å². The van der Waals surface area contributed by atoms with Gasteiger partial charge in [-0.15, -0.1) is 0 Å². The first-order valence-electron chi connectivity index (χ1n) is 14.7. The zero-order valence-electron chi connectivity index (χ0n) is 27.3. The van der Waals surface area contributed by atoms with Crippen LogP contribution < -0.4 is 0 Å². The first-order chi connectivity index (χ1) is 19.4. The molecular formula is C40H52. The van der Waals surface area contributed by atoms with Crippen LogP contribution in [0.1, 0.15) is 95.7 Å². The van der Waals surface area contributed by atoms with E-state index < -0.39 is 0 Å². The van der Waals surface area contributed by atoms with E-state index in [2.05, 4.69) is 123 Å². The van der Waals surface area contributed by atoms with E-state index in [1.54, 1.807) is 0 Å². The normalized spacial score (nSPS) is 9.70. The van der Waals surface area contributed by atoms with Crippen molar-refractivity contribution in [3.63, 3.8) is 0 Å². The molecule has 0 unspecified atom stereocenters. The number of hydrogen-bond donors (Lipinski definition) is 0. The molecule has 0 saturated heterocycles. The zero-order chi connectivity index (χ0) is 30.9. The predicted octanol–water partition coefficient (Wildman–Crippen LogP) is 12.0. The minimum absolute atomic E-state index is 0.997. The fourth-order valence-electron chi connectivity index (χ4n) is 2.96. The maximum Gasteiger partial charge on any atom is 0.0321 e. The maximum atomic E-state index is 4.10. The van der Waals surface area contributed by atoms with Crippen molar-refractivity contribution in [1.29, 1.82) is 0 Å². The Hall–Kier alpha value is -4.00. The van der Waals surface area contributed by atoms with Gasteiger partial charge in [-0.25, -0.2) is 0 Å². The molecule has 0 fully saturated rings. The largest absolute Gasteiger partial charge is 0.0899 e. The standard InChI is InChI=1S/2C16H14.4C2H6/c1-12-4-8-15(9-5-12)14(3)16-10-6-13(2)7-11-16;1-13-3-7-15(8-4-13)11-12-16-9-5-14(2)6-10-16;4*1-2/h4-6,8-10H,3H2,1-2H3;3-10H,1-2H3;4*1-2H3. The van der Waals surface area contributed by atoms with Crippen molar-refractivity contribution < 1.29 is 0 Å². The Morgan fingerprint density at radius 3 is 1.18 bits per heavy atom. The molecule has 0 saturated carbocycles. The van der Waals surface area contributed by atoms with Crippen LogP contribution in [0.15, 0.2) is 114 Å². The Bertz CT molecular complexity index is 1230. The molecule has 1 aliphatic carbocycles. The van der Waals surface area contributed by atoms with Gasteiger partial charge >= 0.3 is 0 Å². The van der Waals surface area contributed by atoms with Crippen LogP contribution in [-0.2, 0) is 0 Å². The Kier molecular flexibility index (Phi) is 23.0. The van der Waals surface area contributed by atoms with Crippen molar-refractivity contribution in [2.45, 2.75) is 83.1 Å². The van der Waals surface area contributed by atoms with Gasteiger partial charge in [0.2, 0.25) is 0 Å². The number of rotatable bonds is 2. The summed E-state index contributed by atoms with van der Waals surface area (Å²) < 4.78 is 0. The molecule has 0 heterocycles. The summed E-state index contributed by atoms with van der Waals surface area (Å²) in [6.45, 7) is 28.4. The molecule has 3 aromatic rings. The Balaban J connectivity index is 0. The van der Waals surface area contributed by atoms with Crippen LogP contribution in [0.3, 0.4) is 0 Å². The monoisotopic (exact) mass is 532 g/mol. The van der Waals surface area contributed by atoms with Crippen LogP contribution >= 0.6 is 0 Å². The van der Waals surface area contributed by atoms with Crippen LogP contribution in [0.25, 0.3) is 5.57 Å². The lowest BCUT2D eigenvalue weighted by atomic mass is 9.97. The van der Waals surface area contributed by atoms with Crippen molar-refractivity contribution in [2.75, 3.05) is 0 Å². The van der Waals surface area contributed by atoms with E-state index in [4.69, 9.17) is 0 Å². The van der Waals surface area contributed by atoms with E-state index in [9.17, 15) is 0 Å². The molecular weight excluding hydrogens is 480 g/mol. The third-order valence-electron chi connectivity index (χ3n) is 5.07. The number of benzene rings is 3. The lowest BCUT2D eigenvalue weighted by molar-refractivity contribution is 1.44. The minimum Gasteiger partial charge on any atom is -0.0899 e. The van der Waals surface area contributed by atoms with Gasteiger partial charge in [0.25, 0.3) is 0 Å². The summed E-state index contributed by atoms with van der Waals surface area (Å²) in [5.74, 6) is 6.32. The van der Waals surface area contributed by atoms with Gasteiger partial charge in [-0.05, 0) is 80.8 Å². The summed E-state index contributed by atoms with van der Waals surface area (Å²) in [6.07, 6.45) is 4.07. The fourth-order valence-corrected chi connectivity index (χ4v) is 2.96. The van der Waals surface area contributed by atoms with Crippen LogP contribution in [0.2, 0.25) is 0 Å². The van der Waals surface area contributed by atoms with E-state index >= 15 is 0 Å². The first kappa shape index (κ1) is 38.1. The Labute approximate surface area is 247 Å². The topological polar surface area (TPSA) is 0 Å². The van der Waals surface area contributed by atoms with Gasteiger partial charge in [0.05, 0.1) is 0 Å². The summed E-state index contributed by atoms with van der Waals surface area (Å²) in [7, 11) is 0. The van der Waals surface area contributed by atoms with Gasteiger partial charge in [0.15, 0.2) is 0 Å². The van der Waals surface area contributed by atoms with E-state index in [1.807, 2.05) is 74.5 Å². The van der Waals surface area contributed by atoms with Gasteiger partial charge in [-0.1, -0.05) is 150 Å². The molecule has 212 valence electrons. The summed E-state index contributed by atoms with van der Waals surface area (Å²) in [5.41, 5.74) is 16.4. The molecule has 0 spiro atoms. The van der Waals surface area contributed by atoms with Gasteiger partial charge in [-0.3, -0.25) is 0 Å². The molecule has 0 atom stereocenters. The molecule has 0 radical (unpaired) electrons. The zero-order valence-corrected chi connectivity index (χ0v) is 27.3. The first-order valence-corrected chi connectivity index (χ1v) is 14.7. The van der Waals surface area contributed by atoms with Crippen molar-refractivity contribution >= 4 is 5.57 Å². The summed E-state index contributed by atoms with van der Waals surface area (Å²) in [4.78, 5) is 0. The van der Waals surface area contributed by atoms with Crippen LogP contribution in [0.4, 0.5) is 0 Å². The second-order valence-electron chi connectivity index (χ2n) is 8.01. The number of aryl methyl sites for hydroxylation is 3. The molecule has 0 N–H and O–H groups in total. The molecule has 0 aliphatic heterocycles. The maximum absolute atomic E-state index is 4.10. The highest BCUT2D eigenvalue weighted by atomic mass is 14.1. The van der Waals surface area contributed by atoms with Gasteiger partial charge in [0.1, 0.15) is 0 Å². The Morgan fingerprint density at radius 1 is 0.500 bits per heavy atom. The molecule has 0 heteroatoms. The van der Waals surface area contributed by atoms with Crippen LogP contribution in [-0.4, -0.2) is 0 Å². The SMILES string of the molecule is C=C(C1=C=C=C(C)C=C1)c1ccc(C)cc1.CC.CC.CC.CC.Cc1ccc(C#Cc2ccc(C)cc2)cc1. The molecule has 1 aliphatic rings. The predicted molar refractivity (Wildman–Crippen MR) is 183 cm³/mol. The average molecular weight is 533 g/mol. The van der Waals surface area contributed by atoms with Crippen LogP contribution in [0, 0.1) is 32.6 Å². The van der Waals surface area contributed by atoms with Gasteiger partial charge < -0.3 is 0 Å². The number of hydrogen-bond acceptors (Lipinski definition) is 0. The summed E-state index contributed by atoms with van der Waals surface area (Å²) >= 11 is 0. The molecule has 0 bridgehead atoms. The smallest absolute Gasteiger partial charge is 0.0321 e. The van der Waals surface area contributed by atoms with Crippen molar-refractivity contribution in [2.24, 2.45) is 0 Å². The number of allylic oxidation sites excluding steroid dienone is 5. The highest BCUT2D eigenvalue weighted by Gasteiger charge is 2.03. The molecule has 0 amide bonds. The molecule has 0 nitrogen and oxygen atoms in total. The summed E-state index contributed by atoms with van der Waals surface area (Å²) in [6, 6.07) is 24.9. The molecule has 4 rings (SSSR count). The third kappa shape index (κ3) is 15.4. The second-order valence-corrected chi connectivity index (χ2v) is 8.01. The van der Waals surface area contributed by atoms with Gasteiger partial charge in [-0.2, -0.15) is 0 Å². The highest BCUT2D eigenvalue weighted by molar-refractivity contribution is 5.80. The van der Waals surface area contributed by atoms with Crippen molar-refractivity contribution in [3.05, 3.63) is 148 Å². The van der Waals surface area contributed by atoms with E-state index in [-0.39, 0.29) is 0 Å². The highest BCUT2D eigenvalue weighted by Crippen LogP contribution is 2.23. The quantitative estimate of drug-likeness (QED) is 0.227.